The summed E-state index contributed by atoms with van der Waals surface area (Å²) in [4.78, 5) is 117. The third kappa shape index (κ3) is 23.6. The molecule has 4 aromatic rings. The van der Waals surface area contributed by atoms with Crippen molar-refractivity contribution in [2.24, 2.45) is 44.4 Å². The van der Waals surface area contributed by atoms with E-state index in [1.54, 1.807) is 6.20 Å². The number of nitrogens with zero attached hydrogens (tertiary/aromatic N) is 2. The summed E-state index contributed by atoms with van der Waals surface area (Å²) in [6, 6.07) is 11.3. The molecule has 4 rings (SSSR count). The maximum atomic E-state index is 14.7. The number of aromatic amines is 1. The number of aromatic hydroxyl groups is 2. The van der Waals surface area contributed by atoms with Gasteiger partial charge >= 0.3 is 12.1 Å². The zero-order valence-corrected chi connectivity index (χ0v) is 43.8. The zero-order valence-electron chi connectivity index (χ0n) is 43.8. The van der Waals surface area contributed by atoms with Crippen LogP contribution in [0.5, 0.6) is 11.5 Å². The van der Waals surface area contributed by atoms with Crippen molar-refractivity contribution in [1.82, 2.24) is 36.9 Å². The summed E-state index contributed by atoms with van der Waals surface area (Å²) < 4.78 is 31.7. The summed E-state index contributed by atoms with van der Waals surface area (Å²) in [6.45, 7) is 1.77. The lowest BCUT2D eigenvalue weighted by atomic mass is 10.0. The lowest BCUT2D eigenvalue weighted by Crippen LogP contribution is -2.60. The highest BCUT2D eigenvalue weighted by atomic mass is 19.4. The van der Waals surface area contributed by atoms with Gasteiger partial charge in [0.25, 0.3) is 0 Å². The average Bonchev–Trinajstić information content (AvgIpc) is 3.80. The molecule has 0 aliphatic carbocycles. The highest BCUT2D eigenvalue weighted by Crippen LogP contribution is 2.21. The summed E-state index contributed by atoms with van der Waals surface area (Å²) in [5, 5.41) is 44.1. The number of rotatable bonds is 30. The van der Waals surface area contributed by atoms with Gasteiger partial charge in [-0.25, -0.2) is 4.79 Å². The second-order valence-corrected chi connectivity index (χ2v) is 18.3. The summed E-state index contributed by atoms with van der Waals surface area (Å²) in [7, 11) is 0. The topological polar surface area (TPSA) is 466 Å². The van der Waals surface area contributed by atoms with E-state index in [2.05, 4.69) is 46.9 Å². The molecule has 29 heteroatoms. The number of aliphatic carboxylic acids is 1. The van der Waals surface area contributed by atoms with E-state index >= 15 is 0 Å². The van der Waals surface area contributed by atoms with Gasteiger partial charge in [-0.05, 0) is 98.5 Å². The minimum atomic E-state index is -5.08. The molecule has 0 saturated carbocycles. The largest absolute Gasteiger partial charge is 0.508 e. The Balaban J connectivity index is 0.00000224. The predicted molar refractivity (Wildman–Crippen MR) is 288 cm³/mol. The second kappa shape index (κ2) is 32.6. The number of carbonyl (C=O) groups is 8. The van der Waals surface area contributed by atoms with Crippen LogP contribution in [0.4, 0.5) is 13.2 Å². The van der Waals surface area contributed by atoms with Crippen molar-refractivity contribution in [2.75, 3.05) is 19.6 Å². The van der Waals surface area contributed by atoms with Crippen LogP contribution in [0.3, 0.4) is 0 Å². The molecule has 26 nitrogen and oxygen atoms in total. The van der Waals surface area contributed by atoms with Crippen LogP contribution in [0.1, 0.15) is 68.6 Å². The number of unbranched alkanes of at least 4 members (excludes halogenated alkanes) is 1. The van der Waals surface area contributed by atoms with Crippen LogP contribution >= 0.6 is 0 Å². The number of halogens is 3. The summed E-state index contributed by atoms with van der Waals surface area (Å²) in [6.07, 6.45) is -2.10. The van der Waals surface area contributed by atoms with E-state index in [4.69, 9.17) is 44.3 Å². The van der Waals surface area contributed by atoms with E-state index in [1.807, 2.05) is 24.3 Å². The number of fused-ring (bicyclic) bond motifs is 1. The van der Waals surface area contributed by atoms with E-state index in [0.717, 1.165) is 10.9 Å². The SMILES string of the molecule is CC(=O)N[C@@H](CCCN=C(N)N)C(=O)N[C@@H](Cc1ccc(O)cc1)C(=O)N[C@@H](Cc1ccc(O)cc1)C(=O)N[C@@H](CCCN=C(N)N)C(=O)N[C@@H](Cc1c[nH]c2ccccc12)C(=O)N[C@@H](CCCCN)C(N)=O.O=C(O)C(F)(F)F. The Morgan fingerprint density at radius 1 is 0.550 bits per heavy atom. The fourth-order valence-corrected chi connectivity index (χ4v) is 7.81. The molecule has 0 unspecified atom stereocenters. The molecule has 22 N–H and O–H groups in total. The number of aliphatic imine (C=N–C) groups is 2. The Morgan fingerprint density at radius 2 is 0.938 bits per heavy atom. The molecule has 6 atom stereocenters. The number of phenolic OH excluding ortho intramolecular Hbond substituents is 2. The number of nitrogens with two attached hydrogens (primary N) is 6. The van der Waals surface area contributed by atoms with Crippen LogP contribution in [-0.2, 0) is 57.6 Å². The molecule has 0 fully saturated rings. The number of H-pyrrole nitrogens is 1. The highest BCUT2D eigenvalue weighted by Gasteiger charge is 2.38. The number of hydrogen-bond donors (Lipinski definition) is 16. The Labute approximate surface area is 457 Å². The van der Waals surface area contributed by atoms with Gasteiger partial charge in [0.15, 0.2) is 11.9 Å². The molecule has 0 bridgehead atoms. The van der Waals surface area contributed by atoms with Gasteiger partial charge in [-0.15, -0.1) is 0 Å². The van der Waals surface area contributed by atoms with Crippen LogP contribution in [0.25, 0.3) is 10.9 Å². The molecule has 436 valence electrons. The molecular formula is C51H70F3N15O11. The van der Waals surface area contributed by atoms with Gasteiger partial charge in [0.2, 0.25) is 41.4 Å². The van der Waals surface area contributed by atoms with Gasteiger partial charge in [-0.1, -0.05) is 42.5 Å². The van der Waals surface area contributed by atoms with Crippen molar-refractivity contribution in [1.29, 1.82) is 0 Å². The van der Waals surface area contributed by atoms with Crippen molar-refractivity contribution in [2.45, 2.75) is 114 Å². The van der Waals surface area contributed by atoms with Crippen LogP contribution in [0.15, 0.2) is 89.0 Å². The van der Waals surface area contributed by atoms with Gasteiger partial charge in [0.1, 0.15) is 47.8 Å². The van der Waals surface area contributed by atoms with Crippen molar-refractivity contribution in [3.63, 3.8) is 0 Å². The number of carboxylic acids is 1. The predicted octanol–water partition coefficient (Wildman–Crippen LogP) is -1.11. The minimum absolute atomic E-state index is 0.0460. The number of carbonyl (C=O) groups excluding carboxylic acids is 7. The molecule has 0 aliphatic rings. The van der Waals surface area contributed by atoms with Gasteiger partial charge in [0.05, 0.1) is 0 Å². The number of carboxylic acid groups (broad SMARTS) is 1. The smallest absolute Gasteiger partial charge is 0.490 e. The van der Waals surface area contributed by atoms with Gasteiger partial charge in [-0.3, -0.25) is 43.5 Å². The number of aromatic nitrogens is 1. The summed E-state index contributed by atoms with van der Waals surface area (Å²) >= 11 is 0. The van der Waals surface area contributed by atoms with Gasteiger partial charge in [0, 0.05) is 56.4 Å². The number of alkyl halides is 3. The third-order valence-corrected chi connectivity index (χ3v) is 11.8. The number of benzene rings is 3. The molecule has 0 saturated heterocycles. The average molecular weight is 1130 g/mol. The normalized spacial score (nSPS) is 13.2. The highest BCUT2D eigenvalue weighted by molar-refractivity contribution is 5.97. The minimum Gasteiger partial charge on any atom is -0.508 e. The Kier molecular flexibility index (Phi) is 26.5. The zero-order chi connectivity index (χ0) is 59.5. The standard InChI is InChI=1S/C49H69N15O9.C2HF3O2/c1-28(65)59-37(11-6-22-56-48(52)53)43(69)62-40(25-30-15-19-33(67)20-16-30)46(72)63-39(24-29-13-17-32(66)18-14-29)45(71)61-38(12-7-23-57-49(54)55)44(70)64-41(26-31-27-58-35-9-3-2-8-34(31)35)47(73)60-36(42(51)68)10-4-5-21-50;3-2(4,5)1(6)7/h2-3,8-9,13-20,27,36-41,58,66-67H,4-7,10-12,21-26,50H2,1H3,(H2,51,68)(H,59,65)(H,60,73)(H,61,71)(H,62,69)(H,63,72)(H,64,70)(H4,52,53,56)(H4,54,55,57);(H,6,7)/t36-,37-,38-,39-,40-,41-;/m0./s1. The number of phenols is 2. The Morgan fingerprint density at radius 3 is 1.35 bits per heavy atom. The van der Waals surface area contributed by atoms with E-state index in [-0.39, 0.29) is 87.9 Å². The monoisotopic (exact) mass is 1130 g/mol. The second-order valence-electron chi connectivity index (χ2n) is 18.3. The first-order valence-electron chi connectivity index (χ1n) is 25.1. The first-order chi connectivity index (χ1) is 37.8. The molecule has 0 spiro atoms. The van der Waals surface area contributed by atoms with Gasteiger partial charge < -0.3 is 86.6 Å². The Bertz CT molecular complexity index is 2770. The van der Waals surface area contributed by atoms with Gasteiger partial charge in [-0.2, -0.15) is 13.2 Å². The van der Waals surface area contributed by atoms with Crippen LogP contribution in [0, 0.1) is 0 Å². The summed E-state index contributed by atoms with van der Waals surface area (Å²) in [5.74, 6) is -8.55. The van der Waals surface area contributed by atoms with E-state index in [1.165, 1.54) is 55.5 Å². The lowest BCUT2D eigenvalue weighted by Gasteiger charge is -2.28. The van der Waals surface area contributed by atoms with Crippen molar-refractivity contribution in [3.05, 3.63) is 95.7 Å². The third-order valence-electron chi connectivity index (χ3n) is 11.8. The van der Waals surface area contributed by atoms with Crippen LogP contribution in [0.2, 0.25) is 0 Å². The molecule has 1 aromatic heterocycles. The maximum Gasteiger partial charge on any atom is 0.490 e. The Hall–Kier alpha value is -9.15. The van der Waals surface area contributed by atoms with Crippen molar-refractivity contribution >= 4 is 70.1 Å². The molecule has 1 heterocycles. The molecule has 3 aromatic carbocycles. The van der Waals surface area contributed by atoms with E-state index in [9.17, 15) is 56.9 Å². The lowest BCUT2D eigenvalue weighted by molar-refractivity contribution is -0.192. The van der Waals surface area contributed by atoms with Crippen molar-refractivity contribution < 1.29 is 66.8 Å². The molecule has 0 radical (unpaired) electrons. The molecule has 7 amide bonds. The van der Waals surface area contributed by atoms with E-state index in [0.29, 0.717) is 36.1 Å². The number of hydrogen-bond acceptors (Lipinski definition) is 13. The fraction of sp³-hybridized carbons (Fsp3) is 0.412. The molecular weight excluding hydrogens is 1060 g/mol. The molecule has 0 aliphatic heterocycles. The number of primary amides is 1. The number of amides is 7. The number of para-hydroxylation sites is 1. The first kappa shape index (κ1) is 65.1. The van der Waals surface area contributed by atoms with Crippen molar-refractivity contribution in [3.8, 4) is 11.5 Å². The first-order valence-corrected chi connectivity index (χ1v) is 25.1. The fourth-order valence-electron chi connectivity index (χ4n) is 7.81. The quantitative estimate of drug-likeness (QED) is 0.0167. The van der Waals surface area contributed by atoms with E-state index < -0.39 is 89.7 Å². The van der Waals surface area contributed by atoms with Crippen LogP contribution < -0.4 is 66.3 Å². The number of guanidine groups is 2. The maximum absolute atomic E-state index is 14.7. The molecule has 80 heavy (non-hydrogen) atoms. The number of nitrogens with one attached hydrogen (secondary N) is 7. The summed E-state index contributed by atoms with van der Waals surface area (Å²) in [5.41, 5.74) is 35.8. The van der Waals surface area contributed by atoms with Crippen LogP contribution in [-0.4, -0.2) is 142 Å².